The Bertz CT molecular complexity index is 464. The van der Waals surface area contributed by atoms with Crippen molar-refractivity contribution in [2.24, 2.45) is 0 Å². The lowest BCUT2D eigenvalue weighted by molar-refractivity contribution is -0.902. The molecule has 0 spiro atoms. The first kappa shape index (κ1) is 20.2. The molecule has 0 unspecified atom stereocenters. The van der Waals surface area contributed by atoms with Gasteiger partial charge in [0.2, 0.25) is 0 Å². The molecule has 3 rings (SSSR count). The number of carbonyl (C=O) groups is 2. The minimum absolute atomic E-state index is 0.0215. The summed E-state index contributed by atoms with van der Waals surface area (Å²) in [5.41, 5.74) is 0. The zero-order valence-corrected chi connectivity index (χ0v) is 16.7. The van der Waals surface area contributed by atoms with E-state index in [1.54, 1.807) is 0 Å². The molecule has 154 valence electrons. The minimum atomic E-state index is -0.0215. The van der Waals surface area contributed by atoms with Crippen LogP contribution in [0, 0.1) is 0 Å². The van der Waals surface area contributed by atoms with Crippen molar-refractivity contribution >= 4 is 12.1 Å². The van der Waals surface area contributed by atoms with Crippen molar-refractivity contribution in [2.45, 2.75) is 76.3 Å². The van der Waals surface area contributed by atoms with Gasteiger partial charge in [0.05, 0.1) is 39.3 Å². The molecule has 4 N–H and O–H groups in total. The largest absolute Gasteiger partial charge is 0.335 e. The van der Waals surface area contributed by atoms with Crippen LogP contribution in [-0.2, 0) is 0 Å². The fourth-order valence-electron chi connectivity index (χ4n) is 4.63. The third-order valence-corrected chi connectivity index (χ3v) is 6.40. The second-order valence-electron chi connectivity index (χ2n) is 8.51. The number of carbonyl (C=O) groups excluding carboxylic acids is 2. The lowest BCUT2D eigenvalue weighted by atomic mass is 9.96. The number of amides is 4. The molecule has 0 aromatic rings. The predicted molar refractivity (Wildman–Crippen MR) is 106 cm³/mol. The summed E-state index contributed by atoms with van der Waals surface area (Å²) in [6, 6.07) is 0.832. The molecule has 3 aliphatic rings. The number of nitrogens with one attached hydrogen (secondary N) is 4. The van der Waals surface area contributed by atoms with Crippen molar-refractivity contribution in [2.75, 3.05) is 39.3 Å². The maximum atomic E-state index is 12.4. The summed E-state index contributed by atoms with van der Waals surface area (Å²) >= 11 is 0. The van der Waals surface area contributed by atoms with E-state index >= 15 is 0 Å². The van der Waals surface area contributed by atoms with Gasteiger partial charge in [-0.1, -0.05) is 38.5 Å². The highest BCUT2D eigenvalue weighted by atomic mass is 16.2. The molecule has 2 aliphatic carbocycles. The summed E-state index contributed by atoms with van der Waals surface area (Å²) in [6.45, 7) is 5.16. The first-order chi connectivity index (χ1) is 13.2. The average Bonchev–Trinajstić information content (AvgIpc) is 2.70. The van der Waals surface area contributed by atoms with E-state index in [2.05, 4.69) is 16.0 Å². The first-order valence-electron chi connectivity index (χ1n) is 11.1. The van der Waals surface area contributed by atoms with Crippen molar-refractivity contribution in [3.63, 3.8) is 0 Å². The van der Waals surface area contributed by atoms with E-state index in [1.807, 2.05) is 4.90 Å². The molecule has 1 saturated heterocycles. The van der Waals surface area contributed by atoms with E-state index in [-0.39, 0.29) is 12.1 Å². The fourth-order valence-corrected chi connectivity index (χ4v) is 4.63. The monoisotopic (exact) mass is 380 g/mol. The second-order valence-corrected chi connectivity index (χ2v) is 8.51. The normalized spacial score (nSPS) is 23.0. The van der Waals surface area contributed by atoms with Crippen LogP contribution in [0.3, 0.4) is 0 Å². The summed E-state index contributed by atoms with van der Waals surface area (Å²) in [4.78, 5) is 27.8. The van der Waals surface area contributed by atoms with Crippen LogP contribution in [0.1, 0.15) is 64.2 Å². The predicted octanol–water partition coefficient (Wildman–Crippen LogP) is 0.861. The Morgan fingerprint density at radius 2 is 1.37 bits per heavy atom. The maximum Gasteiger partial charge on any atom is 0.318 e. The SMILES string of the molecule is O=C(NCC[NH+]1CCN(C(=O)NC2CCCCC2)CC1)NC1CCCCC1. The number of rotatable bonds is 5. The summed E-state index contributed by atoms with van der Waals surface area (Å²) in [7, 11) is 0. The van der Waals surface area contributed by atoms with Gasteiger partial charge in [-0.05, 0) is 25.7 Å². The van der Waals surface area contributed by atoms with Crippen LogP contribution in [0.4, 0.5) is 9.59 Å². The molecule has 1 aliphatic heterocycles. The highest BCUT2D eigenvalue weighted by Crippen LogP contribution is 2.18. The molecule has 0 aromatic heterocycles. The fraction of sp³-hybridized carbons (Fsp3) is 0.900. The first-order valence-corrected chi connectivity index (χ1v) is 11.1. The van der Waals surface area contributed by atoms with E-state index in [0.717, 1.165) is 58.4 Å². The van der Waals surface area contributed by atoms with Crippen LogP contribution in [0.5, 0.6) is 0 Å². The van der Waals surface area contributed by atoms with Crippen LogP contribution in [0.25, 0.3) is 0 Å². The molecule has 0 radical (unpaired) electrons. The van der Waals surface area contributed by atoms with Crippen LogP contribution < -0.4 is 20.9 Å². The van der Waals surface area contributed by atoms with Crippen molar-refractivity contribution in [1.82, 2.24) is 20.9 Å². The average molecular weight is 381 g/mol. The van der Waals surface area contributed by atoms with Crippen molar-refractivity contribution in [1.29, 1.82) is 0 Å². The van der Waals surface area contributed by atoms with Gasteiger partial charge in [-0.15, -0.1) is 0 Å². The smallest absolute Gasteiger partial charge is 0.318 e. The van der Waals surface area contributed by atoms with Gasteiger partial charge in [0.25, 0.3) is 0 Å². The van der Waals surface area contributed by atoms with Gasteiger partial charge in [-0.3, -0.25) is 0 Å². The number of urea groups is 2. The van der Waals surface area contributed by atoms with E-state index in [1.165, 1.54) is 43.4 Å². The van der Waals surface area contributed by atoms with E-state index in [4.69, 9.17) is 0 Å². The quantitative estimate of drug-likeness (QED) is 0.571. The van der Waals surface area contributed by atoms with Crippen LogP contribution in [0.15, 0.2) is 0 Å². The summed E-state index contributed by atoms with van der Waals surface area (Å²) in [5.74, 6) is 0. The zero-order valence-electron chi connectivity index (χ0n) is 16.7. The molecule has 3 fully saturated rings. The topological polar surface area (TPSA) is 77.9 Å². The second kappa shape index (κ2) is 10.7. The Kier molecular flexibility index (Phi) is 8.05. The van der Waals surface area contributed by atoms with Gasteiger partial charge in [0.15, 0.2) is 0 Å². The number of piperazine rings is 1. The molecule has 7 heteroatoms. The van der Waals surface area contributed by atoms with E-state index in [9.17, 15) is 9.59 Å². The lowest BCUT2D eigenvalue weighted by Crippen LogP contribution is -3.15. The van der Waals surface area contributed by atoms with E-state index < -0.39 is 0 Å². The number of hydrogen-bond donors (Lipinski definition) is 4. The molecule has 27 heavy (non-hydrogen) atoms. The molecule has 2 saturated carbocycles. The molecular formula is C20H38N5O2+. The standard InChI is InChI=1S/C20H37N5O2/c26-19(22-17-7-3-1-4-8-17)21-11-12-24-13-15-25(16-14-24)20(27)23-18-9-5-2-6-10-18/h17-18H,1-16H2,(H,23,27)(H2,21,22,26)/p+1. The van der Waals surface area contributed by atoms with Crippen LogP contribution in [-0.4, -0.2) is 68.3 Å². The van der Waals surface area contributed by atoms with Gasteiger partial charge < -0.3 is 25.8 Å². The van der Waals surface area contributed by atoms with E-state index in [0.29, 0.717) is 18.6 Å². The zero-order chi connectivity index (χ0) is 18.9. The third kappa shape index (κ3) is 6.87. The van der Waals surface area contributed by atoms with Gasteiger partial charge in [-0.2, -0.15) is 0 Å². The minimum Gasteiger partial charge on any atom is -0.335 e. The highest BCUT2D eigenvalue weighted by molar-refractivity contribution is 5.74. The molecule has 0 bridgehead atoms. The Labute approximate surface area is 163 Å². The molecule has 7 nitrogen and oxygen atoms in total. The van der Waals surface area contributed by atoms with Crippen molar-refractivity contribution in [3.8, 4) is 0 Å². The molecule has 4 amide bonds. The number of quaternary nitrogens is 1. The molecule has 0 atom stereocenters. The summed E-state index contributed by atoms with van der Waals surface area (Å²) in [6.07, 6.45) is 12.0. The third-order valence-electron chi connectivity index (χ3n) is 6.40. The number of nitrogens with zero attached hydrogens (tertiary/aromatic N) is 1. The van der Waals surface area contributed by atoms with Gasteiger partial charge in [0.1, 0.15) is 0 Å². The maximum absolute atomic E-state index is 12.4. The molecule has 1 heterocycles. The Morgan fingerprint density at radius 1 is 0.815 bits per heavy atom. The Balaban J connectivity index is 1.25. The molecular weight excluding hydrogens is 342 g/mol. The lowest BCUT2D eigenvalue weighted by Gasteiger charge is -2.34. The van der Waals surface area contributed by atoms with Crippen molar-refractivity contribution in [3.05, 3.63) is 0 Å². The van der Waals surface area contributed by atoms with Crippen molar-refractivity contribution < 1.29 is 14.5 Å². The summed E-state index contributed by atoms with van der Waals surface area (Å²) in [5, 5.41) is 9.31. The Morgan fingerprint density at radius 3 is 1.96 bits per heavy atom. The molecule has 0 aromatic carbocycles. The Hall–Kier alpha value is -1.50. The van der Waals surface area contributed by atoms with Gasteiger partial charge >= 0.3 is 12.1 Å². The number of hydrogen-bond acceptors (Lipinski definition) is 2. The highest BCUT2D eigenvalue weighted by Gasteiger charge is 2.25. The van der Waals surface area contributed by atoms with Gasteiger partial charge in [-0.25, -0.2) is 9.59 Å². The van der Waals surface area contributed by atoms with Crippen LogP contribution in [0.2, 0.25) is 0 Å². The summed E-state index contributed by atoms with van der Waals surface area (Å²) < 4.78 is 0. The van der Waals surface area contributed by atoms with Gasteiger partial charge in [0, 0.05) is 12.1 Å². The van der Waals surface area contributed by atoms with Crippen LogP contribution >= 0.6 is 0 Å².